The van der Waals surface area contributed by atoms with Gasteiger partial charge in [-0.2, -0.15) is 0 Å². The van der Waals surface area contributed by atoms with E-state index < -0.39 is 5.91 Å². The van der Waals surface area contributed by atoms with Crippen molar-refractivity contribution in [1.82, 2.24) is 10.2 Å². The van der Waals surface area contributed by atoms with Crippen molar-refractivity contribution < 1.29 is 9.59 Å². The van der Waals surface area contributed by atoms with Gasteiger partial charge < -0.3 is 10.2 Å². The summed E-state index contributed by atoms with van der Waals surface area (Å²) in [6, 6.07) is 0. The van der Waals surface area contributed by atoms with Gasteiger partial charge in [-0.25, -0.2) is 0 Å². The molecular formula is C7H12N2O2. The summed E-state index contributed by atoms with van der Waals surface area (Å²) in [4.78, 5) is 22.5. The molecule has 0 aromatic carbocycles. The second kappa shape index (κ2) is 4.08. The number of amides is 1. The smallest absolute Gasteiger partial charge is 0.284 e. The maximum Gasteiger partial charge on any atom is 0.284 e. The van der Waals surface area contributed by atoms with Gasteiger partial charge in [-0.15, -0.1) is 0 Å². The van der Waals surface area contributed by atoms with Crippen LogP contribution in [0.3, 0.4) is 0 Å². The molecule has 0 bridgehead atoms. The molecule has 1 rings (SSSR count). The standard InChI is InChI=1S/C7H12N2O2/c10-6-7(11)8-2-1-3-9-4-5-9/h6H,1-5H2,(H,8,11). The molecule has 1 aliphatic rings. The summed E-state index contributed by atoms with van der Waals surface area (Å²) in [5.74, 6) is -0.518. The first-order valence-corrected chi connectivity index (χ1v) is 3.78. The topological polar surface area (TPSA) is 49.2 Å². The van der Waals surface area contributed by atoms with Gasteiger partial charge in [0.25, 0.3) is 5.91 Å². The minimum Gasteiger partial charge on any atom is -0.350 e. The van der Waals surface area contributed by atoms with E-state index >= 15 is 0 Å². The van der Waals surface area contributed by atoms with Crippen LogP contribution in [0, 0.1) is 0 Å². The number of nitrogens with zero attached hydrogens (tertiary/aromatic N) is 1. The van der Waals surface area contributed by atoms with Gasteiger partial charge in [0.05, 0.1) is 0 Å². The Morgan fingerprint density at radius 3 is 2.82 bits per heavy atom. The van der Waals surface area contributed by atoms with Crippen LogP contribution in [0.4, 0.5) is 0 Å². The highest BCUT2D eigenvalue weighted by Crippen LogP contribution is 2.02. The first kappa shape index (κ1) is 8.20. The second-order valence-electron chi connectivity index (χ2n) is 2.60. The number of carbonyl (C=O) groups is 2. The number of nitrogens with one attached hydrogen (secondary N) is 1. The van der Waals surface area contributed by atoms with Gasteiger partial charge in [-0.05, 0) is 13.0 Å². The Bertz CT molecular complexity index is 155. The lowest BCUT2D eigenvalue weighted by atomic mass is 10.4. The van der Waals surface area contributed by atoms with Crippen molar-refractivity contribution in [3.05, 3.63) is 0 Å². The largest absolute Gasteiger partial charge is 0.350 e. The third-order valence-corrected chi connectivity index (χ3v) is 1.60. The maximum absolute atomic E-state index is 10.4. The van der Waals surface area contributed by atoms with Crippen LogP contribution in [0.5, 0.6) is 0 Å². The average Bonchev–Trinajstić information content (AvgIpc) is 2.81. The first-order valence-electron chi connectivity index (χ1n) is 3.78. The SMILES string of the molecule is O=CC(=O)NCCCN1CC1. The quantitative estimate of drug-likeness (QED) is 0.240. The minimum atomic E-state index is -0.518. The highest BCUT2D eigenvalue weighted by atomic mass is 16.2. The fourth-order valence-electron chi connectivity index (χ4n) is 0.850. The second-order valence-corrected chi connectivity index (χ2v) is 2.60. The Labute approximate surface area is 65.6 Å². The van der Waals surface area contributed by atoms with E-state index in [-0.39, 0.29) is 0 Å². The van der Waals surface area contributed by atoms with Gasteiger partial charge in [-0.3, -0.25) is 9.59 Å². The lowest BCUT2D eigenvalue weighted by molar-refractivity contribution is -0.131. The molecule has 1 aliphatic heterocycles. The van der Waals surface area contributed by atoms with Crippen molar-refractivity contribution in [3.63, 3.8) is 0 Å². The molecule has 0 spiro atoms. The van der Waals surface area contributed by atoms with E-state index in [2.05, 4.69) is 10.2 Å². The Hall–Kier alpha value is -0.900. The van der Waals surface area contributed by atoms with Crippen molar-refractivity contribution in [3.8, 4) is 0 Å². The van der Waals surface area contributed by atoms with E-state index in [1.54, 1.807) is 0 Å². The summed E-state index contributed by atoms with van der Waals surface area (Å²) >= 11 is 0. The fraction of sp³-hybridized carbons (Fsp3) is 0.714. The van der Waals surface area contributed by atoms with E-state index in [4.69, 9.17) is 0 Å². The van der Waals surface area contributed by atoms with Gasteiger partial charge in [0.15, 0.2) is 0 Å². The highest BCUT2D eigenvalue weighted by molar-refractivity contribution is 6.23. The van der Waals surface area contributed by atoms with Crippen molar-refractivity contribution in [2.24, 2.45) is 0 Å². The number of hydrogen-bond donors (Lipinski definition) is 1. The number of hydrogen-bond acceptors (Lipinski definition) is 3. The molecule has 1 fully saturated rings. The van der Waals surface area contributed by atoms with E-state index in [0.717, 1.165) is 13.0 Å². The predicted octanol–water partition coefficient (Wildman–Crippen LogP) is -0.993. The molecule has 0 radical (unpaired) electrons. The maximum atomic E-state index is 10.4. The summed E-state index contributed by atoms with van der Waals surface area (Å²) in [5.41, 5.74) is 0. The average molecular weight is 156 g/mol. The molecule has 1 heterocycles. The molecule has 0 atom stereocenters. The Morgan fingerprint density at radius 2 is 2.27 bits per heavy atom. The molecule has 4 heteroatoms. The zero-order chi connectivity index (χ0) is 8.10. The van der Waals surface area contributed by atoms with Crippen molar-refractivity contribution in [2.75, 3.05) is 26.2 Å². The number of carbonyl (C=O) groups excluding carboxylic acids is 2. The Balaban J connectivity index is 1.86. The van der Waals surface area contributed by atoms with Crippen LogP contribution in [0.25, 0.3) is 0 Å². The molecule has 0 aromatic heterocycles. The lowest BCUT2D eigenvalue weighted by Crippen LogP contribution is -2.26. The Kier molecular flexibility index (Phi) is 3.04. The van der Waals surface area contributed by atoms with Crippen molar-refractivity contribution in [2.45, 2.75) is 6.42 Å². The Morgan fingerprint density at radius 1 is 1.55 bits per heavy atom. The summed E-state index contributed by atoms with van der Waals surface area (Å²) in [7, 11) is 0. The molecule has 62 valence electrons. The summed E-state index contributed by atoms with van der Waals surface area (Å²) in [6.45, 7) is 4.00. The molecule has 11 heavy (non-hydrogen) atoms. The monoisotopic (exact) mass is 156 g/mol. The van der Waals surface area contributed by atoms with Crippen LogP contribution < -0.4 is 5.32 Å². The summed E-state index contributed by atoms with van der Waals surface area (Å²) < 4.78 is 0. The van der Waals surface area contributed by atoms with Crippen molar-refractivity contribution >= 4 is 12.2 Å². The molecule has 4 nitrogen and oxygen atoms in total. The normalized spacial score (nSPS) is 16.0. The third-order valence-electron chi connectivity index (χ3n) is 1.60. The molecular weight excluding hydrogens is 144 g/mol. The van der Waals surface area contributed by atoms with E-state index in [9.17, 15) is 9.59 Å². The van der Waals surface area contributed by atoms with Crippen LogP contribution >= 0.6 is 0 Å². The predicted molar refractivity (Wildman–Crippen MR) is 40.1 cm³/mol. The molecule has 1 amide bonds. The molecule has 0 aromatic rings. The van der Waals surface area contributed by atoms with Gasteiger partial charge in [0.2, 0.25) is 6.29 Å². The minimum absolute atomic E-state index is 0.303. The molecule has 1 saturated heterocycles. The summed E-state index contributed by atoms with van der Waals surface area (Å²) in [6.07, 6.45) is 1.23. The molecule has 1 N–H and O–H groups in total. The number of aldehydes is 1. The highest BCUT2D eigenvalue weighted by Gasteiger charge is 2.15. The van der Waals surface area contributed by atoms with E-state index in [0.29, 0.717) is 12.8 Å². The van der Waals surface area contributed by atoms with Crippen LogP contribution in [0.2, 0.25) is 0 Å². The molecule has 0 saturated carbocycles. The van der Waals surface area contributed by atoms with E-state index in [1.807, 2.05) is 0 Å². The zero-order valence-electron chi connectivity index (χ0n) is 6.38. The van der Waals surface area contributed by atoms with Crippen LogP contribution in [-0.4, -0.2) is 43.3 Å². The molecule has 0 aliphatic carbocycles. The fourth-order valence-corrected chi connectivity index (χ4v) is 0.850. The van der Waals surface area contributed by atoms with Crippen LogP contribution in [0.15, 0.2) is 0 Å². The van der Waals surface area contributed by atoms with Gasteiger partial charge in [0, 0.05) is 19.6 Å². The lowest BCUT2D eigenvalue weighted by Gasteiger charge is -2.00. The van der Waals surface area contributed by atoms with Crippen molar-refractivity contribution in [1.29, 1.82) is 0 Å². The third kappa shape index (κ3) is 3.72. The van der Waals surface area contributed by atoms with Gasteiger partial charge in [-0.1, -0.05) is 0 Å². The van der Waals surface area contributed by atoms with Gasteiger partial charge >= 0.3 is 0 Å². The van der Waals surface area contributed by atoms with Gasteiger partial charge in [0.1, 0.15) is 0 Å². The van der Waals surface area contributed by atoms with Crippen LogP contribution in [0.1, 0.15) is 6.42 Å². The van der Waals surface area contributed by atoms with Crippen LogP contribution in [-0.2, 0) is 9.59 Å². The summed E-state index contributed by atoms with van der Waals surface area (Å²) in [5, 5.41) is 2.48. The zero-order valence-corrected chi connectivity index (χ0v) is 6.38. The molecule has 0 unspecified atom stereocenters. The van der Waals surface area contributed by atoms with E-state index in [1.165, 1.54) is 13.1 Å². The number of rotatable bonds is 5. The first-order chi connectivity index (χ1) is 5.33.